The number of hydrogen-bond acceptors (Lipinski definition) is 4. The molecule has 0 spiro atoms. The molecule has 1 aromatic carbocycles. The van der Waals surface area contributed by atoms with Crippen LogP contribution in [0.1, 0.15) is 20.3 Å². The first kappa shape index (κ1) is 17.8. The second-order valence-electron chi connectivity index (χ2n) is 5.01. The second kappa shape index (κ2) is 7.67. The third-order valence-corrected chi connectivity index (χ3v) is 4.28. The monoisotopic (exact) mass is 322 g/mol. The van der Waals surface area contributed by atoms with Crippen molar-refractivity contribution in [2.75, 3.05) is 6.54 Å². The van der Waals surface area contributed by atoms with E-state index in [-0.39, 0.29) is 23.1 Å². The summed E-state index contributed by atoms with van der Waals surface area (Å²) >= 11 is 0. The molecule has 0 aliphatic heterocycles. The molecule has 0 heterocycles. The summed E-state index contributed by atoms with van der Waals surface area (Å²) in [5.41, 5.74) is 5.55. The Balaban J connectivity index is 3.02. The summed E-state index contributed by atoms with van der Waals surface area (Å²) in [5, 5.41) is 0. The van der Waals surface area contributed by atoms with E-state index in [1.54, 1.807) is 0 Å². The summed E-state index contributed by atoms with van der Waals surface area (Å²) in [4.78, 5) is -0.326. The van der Waals surface area contributed by atoms with Gasteiger partial charge >= 0.3 is 6.61 Å². The number of sulfonamides is 1. The third-order valence-electron chi connectivity index (χ3n) is 2.72. The maximum Gasteiger partial charge on any atom is 0.387 e. The van der Waals surface area contributed by atoms with Gasteiger partial charge in [0.1, 0.15) is 10.6 Å². The molecule has 1 aromatic rings. The minimum absolute atomic E-state index is 0.120. The highest BCUT2D eigenvalue weighted by Crippen LogP contribution is 2.25. The van der Waals surface area contributed by atoms with Crippen molar-refractivity contribution in [3.05, 3.63) is 24.3 Å². The van der Waals surface area contributed by atoms with Crippen molar-refractivity contribution in [3.8, 4) is 5.75 Å². The van der Waals surface area contributed by atoms with Crippen molar-refractivity contribution in [1.29, 1.82) is 0 Å². The summed E-state index contributed by atoms with van der Waals surface area (Å²) in [6.45, 7) is 0.896. The molecule has 1 atom stereocenters. The number of para-hydroxylation sites is 1. The van der Waals surface area contributed by atoms with Gasteiger partial charge in [0.05, 0.1) is 0 Å². The minimum Gasteiger partial charge on any atom is -0.433 e. The van der Waals surface area contributed by atoms with Gasteiger partial charge in [-0.3, -0.25) is 0 Å². The number of alkyl halides is 2. The Morgan fingerprint density at radius 1 is 1.29 bits per heavy atom. The van der Waals surface area contributed by atoms with Crippen LogP contribution in [0, 0.1) is 5.92 Å². The largest absolute Gasteiger partial charge is 0.433 e. The Kier molecular flexibility index (Phi) is 6.50. The number of nitrogens with one attached hydrogen (secondary N) is 1. The van der Waals surface area contributed by atoms with E-state index in [0.29, 0.717) is 6.42 Å². The van der Waals surface area contributed by atoms with E-state index < -0.39 is 22.7 Å². The molecule has 0 fully saturated rings. The third kappa shape index (κ3) is 5.56. The van der Waals surface area contributed by atoms with Crippen LogP contribution in [-0.4, -0.2) is 27.6 Å². The maximum atomic E-state index is 12.3. The van der Waals surface area contributed by atoms with Crippen LogP contribution in [0.2, 0.25) is 0 Å². The lowest BCUT2D eigenvalue weighted by Crippen LogP contribution is -2.41. The normalized spacial score (nSPS) is 13.7. The SMILES string of the molecule is CC(C)CC(CN)NS(=O)(=O)c1ccccc1OC(F)F. The standard InChI is InChI=1S/C13H20F2N2O3S/c1-9(2)7-10(8-16)17-21(18,19)12-6-4-3-5-11(12)20-13(14)15/h3-6,9-10,13,17H,7-8,16H2,1-2H3. The quantitative estimate of drug-likeness (QED) is 0.766. The zero-order chi connectivity index (χ0) is 16.0. The predicted molar refractivity (Wildman–Crippen MR) is 75.7 cm³/mol. The zero-order valence-corrected chi connectivity index (χ0v) is 12.7. The average Bonchev–Trinajstić information content (AvgIpc) is 2.36. The number of halogens is 2. The van der Waals surface area contributed by atoms with E-state index >= 15 is 0 Å². The summed E-state index contributed by atoms with van der Waals surface area (Å²) in [6, 6.07) is 4.79. The maximum absolute atomic E-state index is 12.3. The molecule has 5 nitrogen and oxygen atoms in total. The van der Waals surface area contributed by atoms with Crippen molar-refractivity contribution in [2.45, 2.75) is 37.8 Å². The number of hydrogen-bond donors (Lipinski definition) is 2. The molecule has 21 heavy (non-hydrogen) atoms. The van der Waals surface area contributed by atoms with Crippen molar-refractivity contribution in [1.82, 2.24) is 4.72 Å². The number of benzene rings is 1. The van der Waals surface area contributed by atoms with Crippen LogP contribution in [0.15, 0.2) is 29.2 Å². The Bertz CT molecular complexity index is 550. The van der Waals surface area contributed by atoms with Gasteiger partial charge in [-0.15, -0.1) is 0 Å². The highest BCUT2D eigenvalue weighted by Gasteiger charge is 2.24. The first-order chi connectivity index (χ1) is 9.76. The number of ether oxygens (including phenoxy) is 1. The first-order valence-electron chi connectivity index (χ1n) is 6.52. The first-order valence-corrected chi connectivity index (χ1v) is 8.00. The lowest BCUT2D eigenvalue weighted by atomic mass is 10.1. The highest BCUT2D eigenvalue weighted by molar-refractivity contribution is 7.89. The molecular weight excluding hydrogens is 302 g/mol. The highest BCUT2D eigenvalue weighted by atomic mass is 32.2. The molecule has 0 amide bonds. The smallest absolute Gasteiger partial charge is 0.387 e. The van der Waals surface area contributed by atoms with Crippen molar-refractivity contribution >= 4 is 10.0 Å². The lowest BCUT2D eigenvalue weighted by Gasteiger charge is -2.19. The molecule has 3 N–H and O–H groups in total. The van der Waals surface area contributed by atoms with Crippen molar-refractivity contribution in [2.24, 2.45) is 11.7 Å². The fourth-order valence-electron chi connectivity index (χ4n) is 1.91. The molecule has 0 radical (unpaired) electrons. The van der Waals surface area contributed by atoms with Crippen LogP contribution in [0.5, 0.6) is 5.75 Å². The van der Waals surface area contributed by atoms with Crippen LogP contribution in [0.4, 0.5) is 8.78 Å². The summed E-state index contributed by atoms with van der Waals surface area (Å²) in [5.74, 6) is -0.144. The summed E-state index contributed by atoms with van der Waals surface area (Å²) in [6.07, 6.45) is 0.549. The van der Waals surface area contributed by atoms with Crippen LogP contribution < -0.4 is 15.2 Å². The Hall–Kier alpha value is -1.25. The molecule has 120 valence electrons. The van der Waals surface area contributed by atoms with E-state index in [0.717, 1.165) is 0 Å². The van der Waals surface area contributed by atoms with E-state index in [4.69, 9.17) is 5.73 Å². The van der Waals surface area contributed by atoms with Gasteiger partial charge in [0.2, 0.25) is 10.0 Å². The van der Waals surface area contributed by atoms with E-state index in [1.165, 1.54) is 24.3 Å². The lowest BCUT2D eigenvalue weighted by molar-refractivity contribution is -0.0517. The van der Waals surface area contributed by atoms with Gasteiger partial charge in [0.25, 0.3) is 0 Å². The summed E-state index contributed by atoms with van der Waals surface area (Å²) in [7, 11) is -3.98. The molecular formula is C13H20F2N2O3S. The van der Waals surface area contributed by atoms with E-state index in [9.17, 15) is 17.2 Å². The fourth-order valence-corrected chi connectivity index (χ4v) is 3.31. The van der Waals surface area contributed by atoms with Crippen molar-refractivity contribution in [3.63, 3.8) is 0 Å². The number of nitrogens with two attached hydrogens (primary N) is 1. The van der Waals surface area contributed by atoms with Gasteiger partial charge in [-0.1, -0.05) is 26.0 Å². The molecule has 0 aromatic heterocycles. The number of rotatable bonds is 8. The van der Waals surface area contributed by atoms with Crippen molar-refractivity contribution < 1.29 is 21.9 Å². The molecule has 0 bridgehead atoms. The molecule has 0 saturated carbocycles. The molecule has 0 aliphatic rings. The average molecular weight is 322 g/mol. The summed E-state index contributed by atoms with van der Waals surface area (Å²) < 4.78 is 55.9. The van der Waals surface area contributed by atoms with Gasteiger partial charge in [0.15, 0.2) is 0 Å². The van der Waals surface area contributed by atoms with E-state index in [1.807, 2.05) is 13.8 Å². The van der Waals surface area contributed by atoms with Crippen LogP contribution >= 0.6 is 0 Å². The van der Waals surface area contributed by atoms with Crippen LogP contribution in [0.25, 0.3) is 0 Å². The molecule has 1 rings (SSSR count). The predicted octanol–water partition coefficient (Wildman–Crippen LogP) is 1.94. The Morgan fingerprint density at radius 3 is 2.43 bits per heavy atom. The van der Waals surface area contributed by atoms with Gasteiger partial charge in [-0.05, 0) is 24.5 Å². The fraction of sp³-hybridized carbons (Fsp3) is 0.538. The zero-order valence-electron chi connectivity index (χ0n) is 11.9. The van der Waals surface area contributed by atoms with Gasteiger partial charge in [-0.25, -0.2) is 13.1 Å². The van der Waals surface area contributed by atoms with Gasteiger partial charge in [-0.2, -0.15) is 8.78 Å². The Labute approximate surface area is 123 Å². The topological polar surface area (TPSA) is 81.4 Å². The molecule has 0 aliphatic carbocycles. The van der Waals surface area contributed by atoms with E-state index in [2.05, 4.69) is 9.46 Å². The minimum atomic E-state index is -3.98. The van der Waals surface area contributed by atoms with Crippen LogP contribution in [0.3, 0.4) is 0 Å². The van der Waals surface area contributed by atoms with Gasteiger partial charge in [0, 0.05) is 12.6 Å². The van der Waals surface area contributed by atoms with Gasteiger partial charge < -0.3 is 10.5 Å². The van der Waals surface area contributed by atoms with Crippen LogP contribution in [-0.2, 0) is 10.0 Å². The molecule has 0 saturated heterocycles. The molecule has 8 heteroatoms. The molecule has 1 unspecified atom stereocenters. The Morgan fingerprint density at radius 2 is 1.90 bits per heavy atom. The second-order valence-corrected chi connectivity index (χ2v) is 6.69.